The summed E-state index contributed by atoms with van der Waals surface area (Å²) in [6, 6.07) is 26.6. The molecule has 1 aliphatic rings. The summed E-state index contributed by atoms with van der Waals surface area (Å²) < 4.78 is 22.7. The largest absolute Gasteiger partial charge is 0.459 e. The van der Waals surface area contributed by atoms with Crippen LogP contribution in [0.4, 0.5) is 0 Å². The molecule has 0 aliphatic carbocycles. The Bertz CT molecular complexity index is 1060. The average molecular weight is 462 g/mol. The average Bonchev–Trinajstić information content (AvgIpc) is 2.89. The van der Waals surface area contributed by atoms with Crippen LogP contribution in [-0.4, -0.2) is 48.3 Å². The Balaban J connectivity index is 1.43. The summed E-state index contributed by atoms with van der Waals surface area (Å²) in [5, 5.41) is 10.9. The van der Waals surface area contributed by atoms with Gasteiger partial charge in [0.2, 0.25) is 6.29 Å². The van der Waals surface area contributed by atoms with Gasteiger partial charge in [-0.15, -0.1) is 0 Å². The summed E-state index contributed by atoms with van der Waals surface area (Å²) in [6.45, 7) is 0.0396. The van der Waals surface area contributed by atoms with Crippen LogP contribution in [0.5, 0.6) is 0 Å². The van der Waals surface area contributed by atoms with Crippen molar-refractivity contribution in [3.05, 3.63) is 108 Å². The first kappa shape index (κ1) is 23.6. The van der Waals surface area contributed by atoms with Crippen LogP contribution in [0, 0.1) is 0 Å². The second kappa shape index (κ2) is 11.6. The first-order valence-electron chi connectivity index (χ1n) is 11.1. The van der Waals surface area contributed by atoms with E-state index in [9.17, 15) is 14.7 Å². The second-order valence-corrected chi connectivity index (χ2v) is 7.90. The molecule has 0 spiro atoms. The van der Waals surface area contributed by atoms with Gasteiger partial charge in [-0.1, -0.05) is 66.7 Å². The van der Waals surface area contributed by atoms with Gasteiger partial charge in [0.25, 0.3) is 0 Å². The molecule has 0 saturated carbocycles. The Kier molecular flexibility index (Phi) is 8.04. The van der Waals surface area contributed by atoms with Gasteiger partial charge in [0.1, 0.15) is 18.8 Å². The molecule has 1 N–H and O–H groups in total. The maximum Gasteiger partial charge on any atom is 0.340 e. The van der Waals surface area contributed by atoms with Crippen LogP contribution >= 0.6 is 0 Å². The number of hydrogen-bond donors (Lipinski definition) is 1. The molecule has 1 saturated heterocycles. The fourth-order valence-corrected chi connectivity index (χ4v) is 3.63. The van der Waals surface area contributed by atoms with E-state index in [1.54, 1.807) is 60.7 Å². The van der Waals surface area contributed by atoms with Crippen LogP contribution < -0.4 is 0 Å². The lowest BCUT2D eigenvalue weighted by Gasteiger charge is -2.38. The minimum Gasteiger partial charge on any atom is -0.459 e. The fraction of sp³-hybridized carbons (Fsp3) is 0.259. The molecule has 0 radical (unpaired) electrons. The number of hydrogen-bond acceptors (Lipinski definition) is 7. The number of carbonyl (C=O) groups excluding carboxylic acids is 2. The van der Waals surface area contributed by atoms with Gasteiger partial charge in [-0.3, -0.25) is 0 Å². The molecule has 7 nitrogen and oxygen atoms in total. The van der Waals surface area contributed by atoms with Crippen molar-refractivity contribution in [1.82, 2.24) is 0 Å². The molecule has 1 heterocycles. The lowest BCUT2D eigenvalue weighted by atomic mass is 10.0. The Morgan fingerprint density at radius 2 is 1.38 bits per heavy atom. The number of aliphatic hydroxyl groups is 1. The van der Waals surface area contributed by atoms with Crippen molar-refractivity contribution in [2.45, 2.75) is 37.6 Å². The summed E-state index contributed by atoms with van der Waals surface area (Å²) in [5.74, 6) is -1.09. The van der Waals surface area contributed by atoms with Crippen molar-refractivity contribution in [3.8, 4) is 0 Å². The number of aliphatic hydroxyl groups excluding tert-OH is 1. The zero-order chi connectivity index (χ0) is 23.8. The smallest absolute Gasteiger partial charge is 0.340 e. The molecule has 3 aromatic carbocycles. The molecule has 34 heavy (non-hydrogen) atoms. The monoisotopic (exact) mass is 462 g/mol. The van der Waals surface area contributed by atoms with Gasteiger partial charge >= 0.3 is 11.9 Å². The number of carbonyl (C=O) groups is 2. The SMILES string of the molecule is O=C(OCC1OC(OC(=O)c2ccccc2)CC(OCc2ccccc2)C1O)c1ccccc1. The molecule has 176 valence electrons. The topological polar surface area (TPSA) is 91.3 Å². The van der Waals surface area contributed by atoms with Crippen LogP contribution in [0.25, 0.3) is 0 Å². The van der Waals surface area contributed by atoms with Gasteiger partial charge in [-0.2, -0.15) is 0 Å². The summed E-state index contributed by atoms with van der Waals surface area (Å²) in [7, 11) is 0. The summed E-state index contributed by atoms with van der Waals surface area (Å²) >= 11 is 0. The third kappa shape index (κ3) is 6.29. The normalized spacial score (nSPS) is 22.0. The van der Waals surface area contributed by atoms with E-state index in [1.165, 1.54) is 0 Å². The number of esters is 2. The Morgan fingerprint density at radius 3 is 2.00 bits per heavy atom. The van der Waals surface area contributed by atoms with Crippen LogP contribution in [0.1, 0.15) is 32.7 Å². The highest BCUT2D eigenvalue weighted by atomic mass is 16.7. The molecule has 0 bridgehead atoms. The zero-order valence-corrected chi connectivity index (χ0v) is 18.5. The van der Waals surface area contributed by atoms with Crippen molar-refractivity contribution in [3.63, 3.8) is 0 Å². The number of ether oxygens (including phenoxy) is 4. The summed E-state index contributed by atoms with van der Waals surface area (Å²) in [5.41, 5.74) is 1.70. The van der Waals surface area contributed by atoms with Gasteiger partial charge in [0.15, 0.2) is 0 Å². The lowest BCUT2D eigenvalue weighted by molar-refractivity contribution is -0.249. The zero-order valence-electron chi connectivity index (χ0n) is 18.5. The van der Waals surface area contributed by atoms with Crippen molar-refractivity contribution in [2.75, 3.05) is 6.61 Å². The highest BCUT2D eigenvalue weighted by Crippen LogP contribution is 2.26. The molecule has 4 unspecified atom stereocenters. The predicted molar refractivity (Wildman–Crippen MR) is 123 cm³/mol. The highest BCUT2D eigenvalue weighted by molar-refractivity contribution is 5.89. The van der Waals surface area contributed by atoms with E-state index in [0.717, 1.165) is 5.56 Å². The number of rotatable bonds is 8. The van der Waals surface area contributed by atoms with E-state index in [0.29, 0.717) is 11.1 Å². The predicted octanol–water partition coefficient (Wildman–Crippen LogP) is 3.76. The summed E-state index contributed by atoms with van der Waals surface area (Å²) in [4.78, 5) is 24.9. The molecule has 1 aliphatic heterocycles. The van der Waals surface area contributed by atoms with Crippen LogP contribution in [0.3, 0.4) is 0 Å². The van der Waals surface area contributed by atoms with Crippen LogP contribution in [0.15, 0.2) is 91.0 Å². The minimum atomic E-state index is -1.08. The van der Waals surface area contributed by atoms with Crippen LogP contribution in [0.2, 0.25) is 0 Å². The highest BCUT2D eigenvalue weighted by Gasteiger charge is 2.41. The van der Waals surface area contributed by atoms with Gasteiger partial charge < -0.3 is 24.1 Å². The van der Waals surface area contributed by atoms with Gasteiger partial charge in [0, 0.05) is 6.42 Å². The molecular formula is C27H26O7. The Labute approximate surface area is 197 Å². The molecule has 3 aromatic rings. The quantitative estimate of drug-likeness (QED) is 0.510. The van der Waals surface area contributed by atoms with E-state index in [2.05, 4.69) is 0 Å². The molecule has 7 heteroatoms. The Morgan fingerprint density at radius 1 is 0.824 bits per heavy atom. The fourth-order valence-electron chi connectivity index (χ4n) is 3.63. The first-order valence-corrected chi connectivity index (χ1v) is 11.1. The third-order valence-corrected chi connectivity index (χ3v) is 5.46. The van der Waals surface area contributed by atoms with E-state index < -0.39 is 36.5 Å². The molecule has 4 atom stereocenters. The third-order valence-electron chi connectivity index (χ3n) is 5.46. The van der Waals surface area contributed by atoms with Crippen LogP contribution in [-0.2, 0) is 25.6 Å². The van der Waals surface area contributed by atoms with Gasteiger partial charge in [-0.25, -0.2) is 9.59 Å². The Hall–Kier alpha value is -3.52. The van der Waals surface area contributed by atoms with E-state index in [4.69, 9.17) is 18.9 Å². The molecule has 4 rings (SSSR count). The second-order valence-electron chi connectivity index (χ2n) is 7.90. The van der Waals surface area contributed by atoms with Crippen molar-refractivity contribution >= 4 is 11.9 Å². The molecule has 0 aromatic heterocycles. The van der Waals surface area contributed by atoms with Crippen molar-refractivity contribution < 1.29 is 33.6 Å². The standard InChI is InChI=1S/C27H26O7/c28-25-22(31-17-19-10-4-1-5-11-19)16-24(34-27(30)21-14-8-3-9-15-21)33-23(25)18-32-26(29)20-12-6-2-7-13-20/h1-15,22-25,28H,16-18H2. The molecule has 1 fully saturated rings. The maximum absolute atomic E-state index is 12.5. The first-order chi connectivity index (χ1) is 16.6. The molecular weight excluding hydrogens is 436 g/mol. The van der Waals surface area contributed by atoms with Crippen molar-refractivity contribution in [1.29, 1.82) is 0 Å². The lowest BCUT2D eigenvalue weighted by Crippen LogP contribution is -2.52. The van der Waals surface area contributed by atoms with Gasteiger partial charge in [0.05, 0.1) is 23.8 Å². The minimum absolute atomic E-state index is 0.135. The van der Waals surface area contributed by atoms with E-state index >= 15 is 0 Å². The van der Waals surface area contributed by atoms with E-state index in [-0.39, 0.29) is 19.6 Å². The van der Waals surface area contributed by atoms with E-state index in [1.807, 2.05) is 30.3 Å². The van der Waals surface area contributed by atoms with Gasteiger partial charge in [-0.05, 0) is 29.8 Å². The van der Waals surface area contributed by atoms with Crippen molar-refractivity contribution in [2.24, 2.45) is 0 Å². The molecule has 0 amide bonds. The summed E-state index contributed by atoms with van der Waals surface area (Å²) in [6.07, 6.45) is -3.55. The number of benzene rings is 3. The maximum atomic E-state index is 12.5.